The molecule has 1 aromatic carbocycles. The van der Waals surface area contributed by atoms with Crippen molar-refractivity contribution < 1.29 is 27.4 Å². The van der Waals surface area contributed by atoms with Crippen LogP contribution in [-0.4, -0.2) is 72.9 Å². The van der Waals surface area contributed by atoms with Crippen LogP contribution in [-0.2, 0) is 20.3 Å². The molecule has 0 fully saturated rings. The van der Waals surface area contributed by atoms with Gasteiger partial charge in [-0.2, -0.15) is 0 Å². The summed E-state index contributed by atoms with van der Waals surface area (Å²) in [5.41, 5.74) is 0.673. The van der Waals surface area contributed by atoms with Crippen LogP contribution < -0.4 is 14.2 Å². The molecule has 3 atom stereocenters. The van der Waals surface area contributed by atoms with E-state index < -0.39 is 21.0 Å². The van der Waals surface area contributed by atoms with Crippen molar-refractivity contribution in [3.8, 4) is 28.6 Å². The quantitative estimate of drug-likeness (QED) is 0.429. The first-order valence-corrected chi connectivity index (χ1v) is 12.8. The highest BCUT2D eigenvalue weighted by Gasteiger charge is 2.34. The molecule has 0 bridgehead atoms. The molecule has 0 saturated carbocycles. The number of methoxy groups -OCH3 is 3. The maximum atomic E-state index is 13.5. The lowest BCUT2D eigenvalue weighted by Gasteiger charge is -2.21. The van der Waals surface area contributed by atoms with E-state index in [4.69, 9.17) is 18.9 Å². The van der Waals surface area contributed by atoms with Crippen molar-refractivity contribution in [2.75, 3.05) is 34.5 Å². The van der Waals surface area contributed by atoms with E-state index in [0.29, 0.717) is 46.9 Å². The van der Waals surface area contributed by atoms with E-state index in [9.17, 15) is 8.42 Å². The summed E-state index contributed by atoms with van der Waals surface area (Å²) < 4.78 is 50.7. The summed E-state index contributed by atoms with van der Waals surface area (Å²) in [6.07, 6.45) is 3.05. The predicted molar refractivity (Wildman–Crippen MR) is 128 cm³/mol. The molecule has 1 aliphatic heterocycles. The van der Waals surface area contributed by atoms with E-state index in [1.165, 1.54) is 19.5 Å². The van der Waals surface area contributed by atoms with Crippen LogP contribution in [0.5, 0.6) is 17.2 Å². The van der Waals surface area contributed by atoms with Crippen LogP contribution in [0, 0.1) is 0 Å². The molecule has 0 N–H and O–H groups in total. The number of hydrogen-bond donors (Lipinski definition) is 0. The minimum absolute atomic E-state index is 0.241. The highest BCUT2D eigenvalue weighted by Crippen LogP contribution is 2.41. The SMILES string of the molecule is COC[C@H]1COc2c(OC)cccc2-c2nnc(CS(=O)(=O)[C@@H](C)[C@H](C)c3ncc(OC)cn3)n21. The van der Waals surface area contributed by atoms with E-state index in [-0.39, 0.29) is 18.4 Å². The third kappa shape index (κ3) is 4.80. The van der Waals surface area contributed by atoms with Crippen LogP contribution in [0.15, 0.2) is 30.6 Å². The molecule has 0 spiro atoms. The molecule has 35 heavy (non-hydrogen) atoms. The Labute approximate surface area is 204 Å². The van der Waals surface area contributed by atoms with Gasteiger partial charge in [0.25, 0.3) is 0 Å². The Morgan fingerprint density at radius 1 is 1.11 bits per heavy atom. The van der Waals surface area contributed by atoms with Gasteiger partial charge < -0.3 is 23.5 Å². The molecule has 0 unspecified atom stereocenters. The average molecular weight is 504 g/mol. The molecular weight excluding hydrogens is 474 g/mol. The summed E-state index contributed by atoms with van der Waals surface area (Å²) in [6, 6.07) is 5.14. The van der Waals surface area contributed by atoms with Crippen molar-refractivity contribution in [3.05, 3.63) is 42.2 Å². The highest BCUT2D eigenvalue weighted by atomic mass is 32.2. The van der Waals surface area contributed by atoms with Crippen LogP contribution >= 0.6 is 0 Å². The summed E-state index contributed by atoms with van der Waals surface area (Å²) >= 11 is 0. The second-order valence-electron chi connectivity index (χ2n) is 8.35. The standard InChI is InChI=1S/C23H29N5O6S/c1-14(22-24-9-17(32-4)10-25-22)15(2)35(29,30)13-20-26-27-23-18-7-6-8-19(33-5)21(18)34-12-16(11-31-3)28(20)23/h6-10,14-16H,11-13H2,1-5H3/t14-,15-,16-/m0/s1. The number of aromatic nitrogens is 5. The second-order valence-corrected chi connectivity index (χ2v) is 10.7. The van der Waals surface area contributed by atoms with Gasteiger partial charge in [-0.3, -0.25) is 0 Å². The highest BCUT2D eigenvalue weighted by molar-refractivity contribution is 7.91. The van der Waals surface area contributed by atoms with Gasteiger partial charge in [0.15, 0.2) is 32.9 Å². The minimum atomic E-state index is -3.66. The molecule has 0 saturated heterocycles. The Morgan fingerprint density at radius 3 is 2.51 bits per heavy atom. The van der Waals surface area contributed by atoms with Gasteiger partial charge in [0.2, 0.25) is 0 Å². The maximum Gasteiger partial charge on any atom is 0.172 e. The van der Waals surface area contributed by atoms with Gasteiger partial charge in [0, 0.05) is 13.0 Å². The number of sulfone groups is 1. The number of para-hydroxylation sites is 1. The smallest absolute Gasteiger partial charge is 0.172 e. The molecule has 3 heterocycles. The maximum absolute atomic E-state index is 13.5. The molecule has 1 aliphatic rings. The molecule has 188 valence electrons. The summed E-state index contributed by atoms with van der Waals surface area (Å²) in [5, 5.41) is 7.87. The van der Waals surface area contributed by atoms with Crippen molar-refractivity contribution in [1.29, 1.82) is 0 Å². The second kappa shape index (κ2) is 10.2. The Hall–Kier alpha value is -3.25. The first kappa shape index (κ1) is 24.9. The first-order valence-electron chi connectivity index (χ1n) is 11.1. The average Bonchev–Trinajstić information content (AvgIpc) is 3.20. The van der Waals surface area contributed by atoms with Crippen LogP contribution in [0.2, 0.25) is 0 Å². The van der Waals surface area contributed by atoms with E-state index in [1.807, 2.05) is 12.1 Å². The van der Waals surface area contributed by atoms with Gasteiger partial charge in [-0.25, -0.2) is 18.4 Å². The Bertz CT molecular complexity index is 1280. The molecule has 2 aromatic heterocycles. The van der Waals surface area contributed by atoms with Gasteiger partial charge in [0.1, 0.15) is 24.0 Å². The summed E-state index contributed by atoms with van der Waals surface area (Å²) in [4.78, 5) is 8.53. The van der Waals surface area contributed by atoms with E-state index in [1.54, 1.807) is 38.7 Å². The molecule has 0 radical (unpaired) electrons. The number of ether oxygens (including phenoxy) is 4. The molecule has 0 amide bonds. The lowest BCUT2D eigenvalue weighted by atomic mass is 10.1. The van der Waals surface area contributed by atoms with Gasteiger partial charge in [-0.05, 0) is 19.1 Å². The predicted octanol–water partition coefficient (Wildman–Crippen LogP) is 2.44. The van der Waals surface area contributed by atoms with Crippen LogP contribution in [0.3, 0.4) is 0 Å². The number of nitrogens with zero attached hydrogens (tertiary/aromatic N) is 5. The third-order valence-electron chi connectivity index (χ3n) is 6.24. The molecule has 0 aliphatic carbocycles. The Balaban J connectivity index is 1.68. The summed E-state index contributed by atoms with van der Waals surface area (Å²) in [5.74, 6) is 2.10. The molecule has 11 nitrogen and oxygen atoms in total. The van der Waals surface area contributed by atoms with Gasteiger partial charge in [0.05, 0.1) is 50.1 Å². The van der Waals surface area contributed by atoms with Crippen molar-refractivity contribution in [1.82, 2.24) is 24.7 Å². The van der Waals surface area contributed by atoms with Crippen LogP contribution in [0.25, 0.3) is 11.4 Å². The van der Waals surface area contributed by atoms with Crippen molar-refractivity contribution in [2.45, 2.75) is 36.8 Å². The zero-order valence-corrected chi connectivity index (χ0v) is 21.2. The van der Waals surface area contributed by atoms with Crippen molar-refractivity contribution >= 4 is 9.84 Å². The van der Waals surface area contributed by atoms with Gasteiger partial charge >= 0.3 is 0 Å². The van der Waals surface area contributed by atoms with Crippen molar-refractivity contribution in [3.63, 3.8) is 0 Å². The largest absolute Gasteiger partial charge is 0.494 e. The zero-order chi connectivity index (χ0) is 25.2. The lowest BCUT2D eigenvalue weighted by molar-refractivity contribution is 0.123. The summed E-state index contributed by atoms with van der Waals surface area (Å²) in [6.45, 7) is 3.98. The monoisotopic (exact) mass is 503 g/mol. The summed E-state index contributed by atoms with van der Waals surface area (Å²) in [7, 11) is 1.00. The van der Waals surface area contributed by atoms with E-state index >= 15 is 0 Å². The third-order valence-corrected chi connectivity index (χ3v) is 8.44. The molecule has 3 aromatic rings. The Morgan fingerprint density at radius 2 is 1.86 bits per heavy atom. The molecule has 12 heteroatoms. The van der Waals surface area contributed by atoms with E-state index in [0.717, 1.165) is 0 Å². The molecule has 4 rings (SSSR count). The number of fused-ring (bicyclic) bond motifs is 3. The van der Waals surface area contributed by atoms with Gasteiger partial charge in [-0.1, -0.05) is 13.0 Å². The fraction of sp³-hybridized carbons (Fsp3) is 0.478. The minimum Gasteiger partial charge on any atom is -0.494 e. The number of rotatable bonds is 9. The number of hydrogen-bond acceptors (Lipinski definition) is 10. The van der Waals surface area contributed by atoms with Crippen molar-refractivity contribution in [2.24, 2.45) is 0 Å². The lowest BCUT2D eigenvalue weighted by Crippen LogP contribution is -2.29. The van der Waals surface area contributed by atoms with Gasteiger partial charge in [-0.15, -0.1) is 10.2 Å². The van der Waals surface area contributed by atoms with E-state index in [2.05, 4.69) is 20.2 Å². The fourth-order valence-electron chi connectivity index (χ4n) is 4.06. The number of benzene rings is 1. The first-order chi connectivity index (χ1) is 16.8. The zero-order valence-electron chi connectivity index (χ0n) is 20.3. The molecular formula is C23H29N5O6S. The Kier molecular flexibility index (Phi) is 7.22. The van der Waals surface area contributed by atoms with Crippen LogP contribution in [0.4, 0.5) is 0 Å². The topological polar surface area (TPSA) is 128 Å². The fourth-order valence-corrected chi connectivity index (χ4v) is 5.62. The van der Waals surface area contributed by atoms with Crippen LogP contribution in [0.1, 0.15) is 37.5 Å². The normalized spacial score (nSPS) is 16.9.